The van der Waals surface area contributed by atoms with Crippen LogP contribution < -0.4 is 15.8 Å². The van der Waals surface area contributed by atoms with Gasteiger partial charge in [-0.25, -0.2) is 8.42 Å². The highest BCUT2D eigenvalue weighted by molar-refractivity contribution is 7.90. The molecule has 0 radical (unpaired) electrons. The molecule has 21 heavy (non-hydrogen) atoms. The monoisotopic (exact) mass is 314 g/mol. The fourth-order valence-corrected chi connectivity index (χ4v) is 2.41. The maximum Gasteiger partial charge on any atom is 0.236 e. The number of hydrogen-bond donors (Lipinski definition) is 2. The first kappa shape index (κ1) is 17.5. The summed E-state index contributed by atoms with van der Waals surface area (Å²) in [5.41, 5.74) is 6.72. The average molecular weight is 314 g/mol. The number of sulfone groups is 1. The number of nitrogens with two attached hydrogens (primary N) is 1. The predicted molar refractivity (Wildman–Crippen MR) is 82.0 cm³/mol. The van der Waals surface area contributed by atoms with Gasteiger partial charge in [-0.05, 0) is 30.5 Å². The van der Waals surface area contributed by atoms with E-state index in [1.54, 1.807) is 7.11 Å². The molecule has 7 heteroatoms. The van der Waals surface area contributed by atoms with Crippen molar-refractivity contribution in [2.45, 2.75) is 18.9 Å². The summed E-state index contributed by atoms with van der Waals surface area (Å²) in [6.07, 6.45) is 1.93. The molecule has 118 valence electrons. The zero-order chi connectivity index (χ0) is 15.9. The first-order chi connectivity index (χ1) is 9.81. The first-order valence-corrected chi connectivity index (χ1v) is 8.72. The van der Waals surface area contributed by atoms with Crippen molar-refractivity contribution in [1.29, 1.82) is 0 Å². The SMILES string of the molecule is COc1ccc(CCNC(=O)C(N)CCS(C)(=O)=O)cc1. The molecule has 6 nitrogen and oxygen atoms in total. The van der Waals surface area contributed by atoms with Gasteiger partial charge in [-0.15, -0.1) is 0 Å². The largest absolute Gasteiger partial charge is 0.497 e. The number of hydrogen-bond acceptors (Lipinski definition) is 5. The summed E-state index contributed by atoms with van der Waals surface area (Å²) < 4.78 is 27.1. The van der Waals surface area contributed by atoms with Gasteiger partial charge in [-0.2, -0.15) is 0 Å². The van der Waals surface area contributed by atoms with Gasteiger partial charge in [-0.1, -0.05) is 12.1 Å². The van der Waals surface area contributed by atoms with Crippen LogP contribution in [-0.2, 0) is 21.1 Å². The lowest BCUT2D eigenvalue weighted by molar-refractivity contribution is -0.122. The van der Waals surface area contributed by atoms with Crippen LogP contribution in [0, 0.1) is 0 Å². The number of benzene rings is 1. The van der Waals surface area contributed by atoms with Crippen LogP contribution in [0.25, 0.3) is 0 Å². The van der Waals surface area contributed by atoms with Crippen molar-refractivity contribution in [2.24, 2.45) is 5.73 Å². The van der Waals surface area contributed by atoms with Gasteiger partial charge in [-0.3, -0.25) is 4.79 Å². The number of carbonyl (C=O) groups is 1. The molecular weight excluding hydrogens is 292 g/mol. The van der Waals surface area contributed by atoms with Crippen LogP contribution in [0.1, 0.15) is 12.0 Å². The van der Waals surface area contributed by atoms with Crippen molar-refractivity contribution in [3.05, 3.63) is 29.8 Å². The van der Waals surface area contributed by atoms with E-state index in [1.165, 1.54) is 0 Å². The summed E-state index contributed by atoms with van der Waals surface area (Å²) in [4.78, 5) is 11.7. The Morgan fingerprint density at radius 2 is 1.95 bits per heavy atom. The van der Waals surface area contributed by atoms with Crippen LogP contribution in [0.15, 0.2) is 24.3 Å². The Morgan fingerprint density at radius 3 is 2.48 bits per heavy atom. The molecule has 1 aromatic rings. The van der Waals surface area contributed by atoms with Gasteiger partial charge in [0, 0.05) is 12.8 Å². The van der Waals surface area contributed by atoms with Crippen LogP contribution in [0.2, 0.25) is 0 Å². The van der Waals surface area contributed by atoms with Gasteiger partial charge >= 0.3 is 0 Å². The number of carbonyl (C=O) groups excluding carboxylic acids is 1. The Kier molecular flexibility index (Phi) is 6.64. The topological polar surface area (TPSA) is 98.5 Å². The highest BCUT2D eigenvalue weighted by Gasteiger charge is 2.15. The van der Waals surface area contributed by atoms with Crippen LogP contribution >= 0.6 is 0 Å². The molecule has 3 N–H and O–H groups in total. The van der Waals surface area contributed by atoms with E-state index in [-0.39, 0.29) is 18.1 Å². The summed E-state index contributed by atoms with van der Waals surface area (Å²) in [6, 6.07) is 6.77. The van der Waals surface area contributed by atoms with Crippen molar-refractivity contribution in [3.8, 4) is 5.75 Å². The first-order valence-electron chi connectivity index (χ1n) is 6.66. The molecule has 0 saturated carbocycles. The Balaban J connectivity index is 2.32. The van der Waals surface area contributed by atoms with E-state index in [1.807, 2.05) is 24.3 Å². The second kappa shape index (κ2) is 7.99. The molecule has 0 fully saturated rings. The molecule has 1 rings (SSSR count). The summed E-state index contributed by atoms with van der Waals surface area (Å²) in [5, 5.41) is 2.71. The number of rotatable bonds is 8. The van der Waals surface area contributed by atoms with Crippen molar-refractivity contribution >= 4 is 15.7 Å². The highest BCUT2D eigenvalue weighted by atomic mass is 32.2. The van der Waals surface area contributed by atoms with E-state index in [9.17, 15) is 13.2 Å². The Hall–Kier alpha value is -1.60. The Morgan fingerprint density at radius 1 is 1.33 bits per heavy atom. The second-order valence-corrected chi connectivity index (χ2v) is 7.17. The van der Waals surface area contributed by atoms with Crippen molar-refractivity contribution in [2.75, 3.05) is 25.7 Å². The molecule has 0 spiro atoms. The molecule has 1 amide bonds. The average Bonchev–Trinajstić information content (AvgIpc) is 2.44. The van der Waals surface area contributed by atoms with Gasteiger partial charge in [0.2, 0.25) is 5.91 Å². The maximum atomic E-state index is 11.7. The number of methoxy groups -OCH3 is 1. The summed E-state index contributed by atoms with van der Waals surface area (Å²) in [6.45, 7) is 0.456. The maximum absolute atomic E-state index is 11.7. The number of ether oxygens (including phenoxy) is 1. The molecule has 0 bridgehead atoms. The van der Waals surface area contributed by atoms with Crippen molar-refractivity contribution < 1.29 is 17.9 Å². The van der Waals surface area contributed by atoms with Gasteiger partial charge in [0.15, 0.2) is 0 Å². The summed E-state index contributed by atoms with van der Waals surface area (Å²) >= 11 is 0. The van der Waals surface area contributed by atoms with E-state index < -0.39 is 15.9 Å². The van der Waals surface area contributed by atoms with Crippen LogP contribution in [0.4, 0.5) is 0 Å². The van der Waals surface area contributed by atoms with Gasteiger partial charge in [0.1, 0.15) is 15.6 Å². The minimum Gasteiger partial charge on any atom is -0.497 e. The molecule has 0 saturated heterocycles. The molecule has 0 heterocycles. The normalized spacial score (nSPS) is 12.7. The molecular formula is C14H22N2O4S. The molecule has 1 unspecified atom stereocenters. The zero-order valence-corrected chi connectivity index (χ0v) is 13.2. The highest BCUT2D eigenvalue weighted by Crippen LogP contribution is 2.11. The second-order valence-electron chi connectivity index (χ2n) is 4.91. The Labute approximate surface area is 125 Å². The van der Waals surface area contributed by atoms with Gasteiger partial charge in [0.05, 0.1) is 18.9 Å². The Bertz CT molecular complexity index is 555. The van der Waals surface area contributed by atoms with E-state index >= 15 is 0 Å². The summed E-state index contributed by atoms with van der Waals surface area (Å²) in [5.74, 6) is 0.373. The van der Waals surface area contributed by atoms with E-state index in [2.05, 4.69) is 5.32 Å². The summed E-state index contributed by atoms with van der Waals surface area (Å²) in [7, 11) is -1.49. The fraction of sp³-hybridized carbons (Fsp3) is 0.500. The number of amides is 1. The molecule has 0 aliphatic heterocycles. The van der Waals surface area contributed by atoms with Gasteiger partial charge < -0.3 is 15.8 Å². The molecule has 1 aromatic carbocycles. The third kappa shape index (κ3) is 7.10. The number of nitrogens with one attached hydrogen (secondary N) is 1. The van der Waals surface area contributed by atoms with Crippen molar-refractivity contribution in [1.82, 2.24) is 5.32 Å². The van der Waals surface area contributed by atoms with Crippen LogP contribution in [-0.4, -0.2) is 46.0 Å². The lowest BCUT2D eigenvalue weighted by Gasteiger charge is -2.11. The van der Waals surface area contributed by atoms with Gasteiger partial charge in [0.25, 0.3) is 0 Å². The third-order valence-corrected chi connectivity index (χ3v) is 3.99. The third-order valence-electron chi connectivity index (χ3n) is 3.01. The standard InChI is InChI=1S/C14H22N2O4S/c1-20-12-5-3-11(4-6-12)7-9-16-14(17)13(15)8-10-21(2,18)19/h3-6,13H,7-10,15H2,1-2H3,(H,16,17). The predicted octanol–water partition coefficient (Wildman–Crippen LogP) is 0.116. The van der Waals surface area contributed by atoms with Crippen LogP contribution in [0.3, 0.4) is 0 Å². The minimum atomic E-state index is -3.09. The van der Waals surface area contributed by atoms with E-state index in [0.717, 1.165) is 17.6 Å². The molecule has 0 aliphatic carbocycles. The lowest BCUT2D eigenvalue weighted by atomic mass is 10.1. The minimum absolute atomic E-state index is 0.0833. The molecule has 0 aromatic heterocycles. The van der Waals surface area contributed by atoms with Crippen molar-refractivity contribution in [3.63, 3.8) is 0 Å². The van der Waals surface area contributed by atoms with E-state index in [4.69, 9.17) is 10.5 Å². The fourth-order valence-electron chi connectivity index (χ4n) is 1.73. The molecule has 0 aliphatic rings. The quantitative estimate of drug-likeness (QED) is 0.710. The lowest BCUT2D eigenvalue weighted by Crippen LogP contribution is -2.42. The zero-order valence-electron chi connectivity index (χ0n) is 12.3. The smallest absolute Gasteiger partial charge is 0.236 e. The van der Waals surface area contributed by atoms with Crippen LogP contribution in [0.5, 0.6) is 5.75 Å². The molecule has 1 atom stereocenters. The van der Waals surface area contributed by atoms with E-state index in [0.29, 0.717) is 13.0 Å².